The Bertz CT molecular complexity index is 829. The number of benzene rings is 1. The monoisotopic (exact) mass is 422 g/mol. The highest BCUT2D eigenvalue weighted by Gasteiger charge is 2.28. The lowest BCUT2D eigenvalue weighted by atomic mass is 10.0. The van der Waals surface area contributed by atoms with Crippen molar-refractivity contribution in [3.05, 3.63) is 29.8 Å². The van der Waals surface area contributed by atoms with Crippen molar-refractivity contribution >= 4 is 21.9 Å². The van der Waals surface area contributed by atoms with Gasteiger partial charge in [-0.05, 0) is 61.8 Å². The van der Waals surface area contributed by atoms with Gasteiger partial charge in [0.1, 0.15) is 0 Å². The minimum absolute atomic E-state index is 0.169. The number of carbonyl (C=O) groups excluding carboxylic acids is 2. The largest absolute Gasteiger partial charge is 0.452 e. The van der Waals surface area contributed by atoms with E-state index in [1.54, 1.807) is 4.90 Å². The number of piperidine rings is 2. The molecule has 1 amide bonds. The molecule has 3 rings (SSSR count). The Balaban J connectivity index is 1.56. The van der Waals surface area contributed by atoms with Gasteiger partial charge in [0.2, 0.25) is 10.0 Å². The van der Waals surface area contributed by atoms with Gasteiger partial charge in [-0.25, -0.2) is 13.2 Å². The molecule has 1 atom stereocenters. The van der Waals surface area contributed by atoms with Crippen LogP contribution in [-0.4, -0.2) is 62.3 Å². The normalized spacial score (nSPS) is 21.7. The molecule has 2 aliphatic rings. The van der Waals surface area contributed by atoms with Gasteiger partial charge in [-0.2, -0.15) is 4.31 Å². The van der Waals surface area contributed by atoms with E-state index in [-0.39, 0.29) is 23.0 Å². The molecule has 0 unspecified atom stereocenters. The fraction of sp³-hybridized carbons (Fsp3) is 0.619. The average molecular weight is 423 g/mol. The van der Waals surface area contributed by atoms with Crippen molar-refractivity contribution in [2.45, 2.75) is 44.4 Å². The summed E-state index contributed by atoms with van der Waals surface area (Å²) in [6, 6.07) is 5.74. The molecule has 1 aromatic carbocycles. The van der Waals surface area contributed by atoms with Crippen LogP contribution >= 0.6 is 0 Å². The lowest BCUT2D eigenvalue weighted by Crippen LogP contribution is -2.41. The van der Waals surface area contributed by atoms with Gasteiger partial charge < -0.3 is 9.64 Å². The molecular weight excluding hydrogens is 392 g/mol. The first-order valence-corrected chi connectivity index (χ1v) is 11.8. The van der Waals surface area contributed by atoms with Crippen LogP contribution in [0, 0.1) is 11.8 Å². The summed E-state index contributed by atoms with van der Waals surface area (Å²) in [5, 5.41) is 0. The van der Waals surface area contributed by atoms with Crippen LogP contribution in [0.4, 0.5) is 0 Å². The highest BCUT2D eigenvalue weighted by Crippen LogP contribution is 2.23. The zero-order chi connectivity index (χ0) is 21.0. The number of nitrogens with zero attached hydrogens (tertiary/aromatic N) is 2. The van der Waals surface area contributed by atoms with Gasteiger partial charge in [-0.3, -0.25) is 4.79 Å². The van der Waals surface area contributed by atoms with E-state index in [2.05, 4.69) is 13.8 Å². The maximum Gasteiger partial charge on any atom is 0.338 e. The number of rotatable bonds is 5. The zero-order valence-corrected chi connectivity index (χ0v) is 18.0. The van der Waals surface area contributed by atoms with Crippen molar-refractivity contribution in [1.29, 1.82) is 0 Å². The van der Waals surface area contributed by atoms with E-state index >= 15 is 0 Å². The number of carbonyl (C=O) groups is 2. The number of hydrogen-bond donors (Lipinski definition) is 0. The Morgan fingerprint density at radius 3 is 2.28 bits per heavy atom. The summed E-state index contributed by atoms with van der Waals surface area (Å²) < 4.78 is 32.1. The standard InChI is InChI=1S/C21H30N2O5S/c1-16-9-12-23(13-10-16)29(26,27)19-7-5-18(6-8-19)21(25)28-15-20(24)22-11-3-4-17(2)14-22/h5-8,16-17H,3-4,9-15H2,1-2H3/t17-/m1/s1. The van der Waals surface area contributed by atoms with Crippen LogP contribution in [0.1, 0.15) is 49.9 Å². The summed E-state index contributed by atoms with van der Waals surface area (Å²) >= 11 is 0. The number of likely N-dealkylation sites (tertiary alicyclic amines) is 1. The molecule has 1 aromatic rings. The van der Waals surface area contributed by atoms with Gasteiger partial charge in [-0.1, -0.05) is 13.8 Å². The van der Waals surface area contributed by atoms with Gasteiger partial charge in [0.25, 0.3) is 5.91 Å². The molecular formula is C21H30N2O5S. The number of sulfonamides is 1. The van der Waals surface area contributed by atoms with Gasteiger partial charge in [0.15, 0.2) is 6.61 Å². The molecule has 2 heterocycles. The van der Waals surface area contributed by atoms with E-state index < -0.39 is 16.0 Å². The molecule has 0 bridgehead atoms. The van der Waals surface area contributed by atoms with E-state index in [1.165, 1.54) is 28.6 Å². The molecule has 8 heteroatoms. The van der Waals surface area contributed by atoms with Crippen molar-refractivity contribution in [1.82, 2.24) is 9.21 Å². The van der Waals surface area contributed by atoms with E-state index in [1.807, 2.05) is 0 Å². The van der Waals surface area contributed by atoms with Crippen LogP contribution in [0.5, 0.6) is 0 Å². The molecule has 7 nitrogen and oxygen atoms in total. The van der Waals surface area contributed by atoms with Crippen LogP contribution in [0.25, 0.3) is 0 Å². The van der Waals surface area contributed by atoms with Crippen molar-refractivity contribution in [3.63, 3.8) is 0 Å². The molecule has 0 radical (unpaired) electrons. The molecule has 29 heavy (non-hydrogen) atoms. The van der Waals surface area contributed by atoms with Crippen molar-refractivity contribution in [2.24, 2.45) is 11.8 Å². The second kappa shape index (κ2) is 9.26. The third kappa shape index (κ3) is 5.36. The van der Waals surface area contributed by atoms with E-state index in [0.29, 0.717) is 38.0 Å². The molecule has 2 aliphatic heterocycles. The Kier molecular flexibility index (Phi) is 6.95. The summed E-state index contributed by atoms with van der Waals surface area (Å²) in [5.41, 5.74) is 0.232. The lowest BCUT2D eigenvalue weighted by Gasteiger charge is -2.30. The molecule has 0 N–H and O–H groups in total. The molecule has 160 valence electrons. The molecule has 0 aromatic heterocycles. The fourth-order valence-electron chi connectivity index (χ4n) is 3.86. The van der Waals surface area contributed by atoms with Gasteiger partial charge in [-0.15, -0.1) is 0 Å². The fourth-order valence-corrected chi connectivity index (χ4v) is 5.32. The highest BCUT2D eigenvalue weighted by molar-refractivity contribution is 7.89. The van der Waals surface area contributed by atoms with Crippen molar-refractivity contribution in [3.8, 4) is 0 Å². The summed E-state index contributed by atoms with van der Waals surface area (Å²) in [6.45, 7) is 6.36. The minimum atomic E-state index is -3.55. The number of ether oxygens (including phenoxy) is 1. The van der Waals surface area contributed by atoms with Crippen LogP contribution in [0.3, 0.4) is 0 Å². The second-order valence-corrected chi connectivity index (χ2v) is 10.2. The molecule has 0 spiro atoms. The molecule has 0 aliphatic carbocycles. The van der Waals surface area contributed by atoms with Crippen LogP contribution < -0.4 is 0 Å². The van der Waals surface area contributed by atoms with E-state index in [4.69, 9.17) is 4.74 Å². The SMILES string of the molecule is CC1CCN(S(=O)(=O)c2ccc(C(=O)OCC(=O)N3CCC[C@@H](C)C3)cc2)CC1. The Hall–Kier alpha value is -1.93. The molecule has 2 fully saturated rings. The zero-order valence-electron chi connectivity index (χ0n) is 17.2. The maximum atomic E-state index is 12.8. The van der Waals surface area contributed by atoms with Crippen LogP contribution in [-0.2, 0) is 19.6 Å². The lowest BCUT2D eigenvalue weighted by molar-refractivity contribution is -0.136. The topological polar surface area (TPSA) is 84.0 Å². The Morgan fingerprint density at radius 1 is 1.00 bits per heavy atom. The van der Waals surface area contributed by atoms with Gasteiger partial charge in [0.05, 0.1) is 10.5 Å². The summed E-state index contributed by atoms with van der Waals surface area (Å²) in [6.07, 6.45) is 3.78. The summed E-state index contributed by atoms with van der Waals surface area (Å²) in [4.78, 5) is 26.4. The number of hydrogen-bond acceptors (Lipinski definition) is 5. The number of esters is 1. The third-order valence-corrected chi connectivity index (χ3v) is 7.72. The minimum Gasteiger partial charge on any atom is -0.452 e. The van der Waals surface area contributed by atoms with E-state index in [0.717, 1.165) is 25.7 Å². The quantitative estimate of drug-likeness (QED) is 0.681. The highest BCUT2D eigenvalue weighted by atomic mass is 32.2. The second-order valence-electron chi connectivity index (χ2n) is 8.27. The molecule has 0 saturated carbocycles. The first-order chi connectivity index (χ1) is 13.8. The summed E-state index contributed by atoms with van der Waals surface area (Å²) in [5.74, 6) is 0.179. The molecule has 2 saturated heterocycles. The van der Waals surface area contributed by atoms with E-state index in [9.17, 15) is 18.0 Å². The van der Waals surface area contributed by atoms with Crippen LogP contribution in [0.15, 0.2) is 29.2 Å². The van der Waals surface area contributed by atoms with Gasteiger partial charge in [0, 0.05) is 26.2 Å². The Labute approximate surface area is 173 Å². The third-order valence-electron chi connectivity index (χ3n) is 5.81. The summed E-state index contributed by atoms with van der Waals surface area (Å²) in [7, 11) is -3.55. The first-order valence-electron chi connectivity index (χ1n) is 10.3. The first kappa shape index (κ1) is 21.8. The maximum absolute atomic E-state index is 12.8. The van der Waals surface area contributed by atoms with Gasteiger partial charge >= 0.3 is 5.97 Å². The van der Waals surface area contributed by atoms with Crippen molar-refractivity contribution < 1.29 is 22.7 Å². The predicted octanol–water partition coefficient (Wildman–Crippen LogP) is 2.52. The average Bonchev–Trinajstić information content (AvgIpc) is 2.72. The Morgan fingerprint density at radius 2 is 1.66 bits per heavy atom. The van der Waals surface area contributed by atoms with Crippen LogP contribution in [0.2, 0.25) is 0 Å². The smallest absolute Gasteiger partial charge is 0.338 e. The number of amides is 1. The predicted molar refractivity (Wildman–Crippen MR) is 109 cm³/mol. The van der Waals surface area contributed by atoms with Crippen molar-refractivity contribution in [2.75, 3.05) is 32.8 Å².